The molecule has 0 bridgehead atoms. The van der Waals surface area contributed by atoms with Crippen molar-refractivity contribution in [2.24, 2.45) is 0 Å². The van der Waals surface area contributed by atoms with Crippen LogP contribution in [0.3, 0.4) is 0 Å². The zero-order valence-electron chi connectivity index (χ0n) is 11.3. The molecule has 1 amide bonds. The summed E-state index contributed by atoms with van der Waals surface area (Å²) >= 11 is 0. The second-order valence-corrected chi connectivity index (χ2v) is 4.53. The molecule has 2 aromatic rings. The topological polar surface area (TPSA) is 69.6 Å². The molecule has 0 aliphatic carbocycles. The van der Waals surface area contributed by atoms with E-state index < -0.39 is 5.91 Å². The maximum Gasteiger partial charge on any atom is 0.259 e. The molecule has 104 valence electrons. The van der Waals surface area contributed by atoms with Crippen LogP contribution in [-0.4, -0.2) is 16.1 Å². The molecule has 0 radical (unpaired) electrons. The summed E-state index contributed by atoms with van der Waals surface area (Å²) in [6, 6.07) is 11.9. The van der Waals surface area contributed by atoms with Crippen LogP contribution in [0.25, 0.3) is 0 Å². The van der Waals surface area contributed by atoms with Gasteiger partial charge in [-0.05, 0) is 30.7 Å². The Hall–Kier alpha value is -2.49. The summed E-state index contributed by atoms with van der Waals surface area (Å²) in [5.41, 5.74) is 1.23. The number of hydrogen-bond acceptors (Lipinski definition) is 3. The maximum atomic E-state index is 12.1. The molecular formula is C16H17NO3. The maximum absolute atomic E-state index is 12.1. The number of carbonyl (C=O) groups is 1. The second kappa shape index (κ2) is 6.10. The quantitative estimate of drug-likeness (QED) is 0.799. The van der Waals surface area contributed by atoms with E-state index in [2.05, 4.69) is 5.32 Å². The van der Waals surface area contributed by atoms with Crippen LogP contribution in [0.15, 0.2) is 42.5 Å². The van der Waals surface area contributed by atoms with Crippen molar-refractivity contribution in [1.82, 2.24) is 0 Å². The molecule has 0 heterocycles. The van der Waals surface area contributed by atoms with Crippen LogP contribution in [-0.2, 0) is 6.42 Å². The van der Waals surface area contributed by atoms with Gasteiger partial charge in [-0.2, -0.15) is 0 Å². The highest BCUT2D eigenvalue weighted by atomic mass is 16.3. The fraction of sp³-hybridized carbons (Fsp3) is 0.188. The lowest BCUT2D eigenvalue weighted by Crippen LogP contribution is -2.12. The molecule has 0 saturated heterocycles. The van der Waals surface area contributed by atoms with Gasteiger partial charge in [0, 0.05) is 11.3 Å². The van der Waals surface area contributed by atoms with Crippen molar-refractivity contribution in [3.05, 3.63) is 53.6 Å². The number of phenolic OH excluding ortho intramolecular Hbond substituents is 2. The average molecular weight is 271 g/mol. The first-order valence-corrected chi connectivity index (χ1v) is 6.53. The summed E-state index contributed by atoms with van der Waals surface area (Å²) in [5, 5.41) is 22.6. The SMILES string of the molecule is CCCc1c(O)ccc(C(=O)Nc2ccccc2)c1O. The van der Waals surface area contributed by atoms with Crippen molar-refractivity contribution in [3.63, 3.8) is 0 Å². The Morgan fingerprint density at radius 3 is 2.45 bits per heavy atom. The summed E-state index contributed by atoms with van der Waals surface area (Å²) < 4.78 is 0. The Morgan fingerprint density at radius 1 is 1.10 bits per heavy atom. The number of phenols is 2. The third-order valence-corrected chi connectivity index (χ3v) is 3.03. The van der Waals surface area contributed by atoms with Crippen molar-refractivity contribution in [1.29, 1.82) is 0 Å². The van der Waals surface area contributed by atoms with E-state index in [9.17, 15) is 15.0 Å². The average Bonchev–Trinajstić information content (AvgIpc) is 2.44. The number of anilines is 1. The smallest absolute Gasteiger partial charge is 0.259 e. The van der Waals surface area contributed by atoms with Gasteiger partial charge in [-0.15, -0.1) is 0 Å². The van der Waals surface area contributed by atoms with Crippen LogP contribution in [0, 0.1) is 0 Å². The highest BCUT2D eigenvalue weighted by molar-refractivity contribution is 6.06. The van der Waals surface area contributed by atoms with Gasteiger partial charge in [0.2, 0.25) is 0 Å². The number of rotatable bonds is 4. The Morgan fingerprint density at radius 2 is 1.80 bits per heavy atom. The number of aromatic hydroxyl groups is 2. The minimum atomic E-state index is -0.397. The molecule has 0 atom stereocenters. The molecule has 3 N–H and O–H groups in total. The Bertz CT molecular complexity index is 609. The second-order valence-electron chi connectivity index (χ2n) is 4.53. The zero-order valence-corrected chi connectivity index (χ0v) is 11.3. The van der Waals surface area contributed by atoms with Crippen molar-refractivity contribution < 1.29 is 15.0 Å². The van der Waals surface area contributed by atoms with Crippen LogP contribution in [0.5, 0.6) is 11.5 Å². The first-order chi connectivity index (χ1) is 9.63. The molecule has 4 nitrogen and oxygen atoms in total. The van der Waals surface area contributed by atoms with Gasteiger partial charge < -0.3 is 15.5 Å². The van der Waals surface area contributed by atoms with E-state index >= 15 is 0 Å². The van der Waals surface area contributed by atoms with E-state index in [1.165, 1.54) is 12.1 Å². The van der Waals surface area contributed by atoms with Crippen LogP contribution in [0.1, 0.15) is 29.3 Å². The van der Waals surface area contributed by atoms with E-state index in [1.54, 1.807) is 12.1 Å². The lowest BCUT2D eigenvalue weighted by molar-refractivity contribution is 0.102. The summed E-state index contributed by atoms with van der Waals surface area (Å²) in [5.74, 6) is -0.535. The van der Waals surface area contributed by atoms with E-state index in [4.69, 9.17) is 0 Å². The third kappa shape index (κ3) is 2.91. The van der Waals surface area contributed by atoms with Gasteiger partial charge in [-0.1, -0.05) is 31.5 Å². The zero-order chi connectivity index (χ0) is 14.5. The molecule has 0 aliphatic heterocycles. The van der Waals surface area contributed by atoms with E-state index in [0.717, 1.165) is 6.42 Å². The van der Waals surface area contributed by atoms with Gasteiger partial charge in [0.1, 0.15) is 11.5 Å². The number of nitrogens with one attached hydrogen (secondary N) is 1. The minimum Gasteiger partial charge on any atom is -0.508 e. The monoisotopic (exact) mass is 271 g/mol. The highest BCUT2D eigenvalue weighted by Gasteiger charge is 2.17. The molecule has 0 aromatic heterocycles. The highest BCUT2D eigenvalue weighted by Crippen LogP contribution is 2.32. The first kappa shape index (κ1) is 13.9. The number of para-hydroxylation sites is 1. The minimum absolute atomic E-state index is 0.0145. The largest absolute Gasteiger partial charge is 0.508 e. The molecular weight excluding hydrogens is 254 g/mol. The van der Waals surface area contributed by atoms with Gasteiger partial charge in [0.05, 0.1) is 5.56 Å². The number of benzene rings is 2. The summed E-state index contributed by atoms with van der Waals surface area (Å²) in [6.45, 7) is 1.94. The first-order valence-electron chi connectivity index (χ1n) is 6.53. The van der Waals surface area contributed by atoms with Crippen molar-refractivity contribution >= 4 is 11.6 Å². The summed E-state index contributed by atoms with van der Waals surface area (Å²) in [4.78, 5) is 12.1. The van der Waals surface area contributed by atoms with Gasteiger partial charge in [0.25, 0.3) is 5.91 Å². The van der Waals surface area contributed by atoms with Crippen molar-refractivity contribution in [3.8, 4) is 11.5 Å². The number of amides is 1. The summed E-state index contributed by atoms with van der Waals surface area (Å²) in [7, 11) is 0. The Labute approximate surface area is 117 Å². The van der Waals surface area contributed by atoms with Crippen LogP contribution >= 0.6 is 0 Å². The van der Waals surface area contributed by atoms with Crippen LogP contribution < -0.4 is 5.32 Å². The molecule has 0 spiro atoms. The molecule has 0 unspecified atom stereocenters. The van der Waals surface area contributed by atoms with Crippen molar-refractivity contribution in [2.45, 2.75) is 19.8 Å². The normalized spacial score (nSPS) is 10.2. The molecule has 2 aromatic carbocycles. The lowest BCUT2D eigenvalue weighted by atomic mass is 10.0. The van der Waals surface area contributed by atoms with Gasteiger partial charge >= 0.3 is 0 Å². The molecule has 0 saturated carbocycles. The lowest BCUT2D eigenvalue weighted by Gasteiger charge is -2.11. The number of carbonyl (C=O) groups excluding carboxylic acids is 1. The fourth-order valence-corrected chi connectivity index (χ4v) is 2.03. The Balaban J connectivity index is 2.28. The van der Waals surface area contributed by atoms with Gasteiger partial charge in [-0.3, -0.25) is 4.79 Å². The van der Waals surface area contributed by atoms with Crippen LogP contribution in [0.2, 0.25) is 0 Å². The molecule has 0 aliphatic rings. The van der Waals surface area contributed by atoms with E-state index in [0.29, 0.717) is 17.7 Å². The predicted molar refractivity (Wildman–Crippen MR) is 78.2 cm³/mol. The van der Waals surface area contributed by atoms with Gasteiger partial charge in [0.15, 0.2) is 0 Å². The van der Waals surface area contributed by atoms with Crippen LogP contribution in [0.4, 0.5) is 5.69 Å². The van der Waals surface area contributed by atoms with Gasteiger partial charge in [-0.25, -0.2) is 0 Å². The van der Waals surface area contributed by atoms with E-state index in [-0.39, 0.29) is 17.1 Å². The van der Waals surface area contributed by atoms with Crippen molar-refractivity contribution in [2.75, 3.05) is 5.32 Å². The molecule has 4 heteroatoms. The standard InChI is InChI=1S/C16H17NO3/c1-2-6-12-14(18)10-9-13(15(12)19)16(20)17-11-7-4-3-5-8-11/h3-5,7-10,18-19H,2,6H2,1H3,(H,17,20). The molecule has 2 rings (SSSR count). The molecule has 20 heavy (non-hydrogen) atoms. The predicted octanol–water partition coefficient (Wildman–Crippen LogP) is 3.30. The summed E-state index contributed by atoms with van der Waals surface area (Å²) in [6.07, 6.45) is 1.29. The fourth-order valence-electron chi connectivity index (χ4n) is 2.03. The third-order valence-electron chi connectivity index (χ3n) is 3.03. The Kier molecular flexibility index (Phi) is 4.25. The number of hydrogen-bond donors (Lipinski definition) is 3. The van der Waals surface area contributed by atoms with E-state index in [1.807, 2.05) is 25.1 Å². The molecule has 0 fully saturated rings.